The molecule has 0 spiro atoms. The lowest BCUT2D eigenvalue weighted by Crippen LogP contribution is -2.40. The molecule has 1 aromatic rings. The van der Waals surface area contributed by atoms with E-state index in [0.29, 0.717) is 11.8 Å². The van der Waals surface area contributed by atoms with Crippen LogP contribution in [0.25, 0.3) is 0 Å². The van der Waals surface area contributed by atoms with Gasteiger partial charge in [0.25, 0.3) is 0 Å². The molecule has 0 bridgehead atoms. The van der Waals surface area contributed by atoms with Gasteiger partial charge in [-0.2, -0.15) is 0 Å². The first-order valence-corrected chi connectivity index (χ1v) is 8.22. The van der Waals surface area contributed by atoms with Crippen molar-refractivity contribution in [3.05, 3.63) is 34.2 Å². The summed E-state index contributed by atoms with van der Waals surface area (Å²) in [6, 6.07) is 3.67. The molecule has 1 N–H and O–H groups in total. The number of hydrogen-bond donors (Lipinski definition) is 1. The van der Waals surface area contributed by atoms with E-state index in [1.54, 1.807) is 12.3 Å². The van der Waals surface area contributed by atoms with Gasteiger partial charge in [-0.15, -0.1) is 0 Å². The summed E-state index contributed by atoms with van der Waals surface area (Å²) >= 11 is 0. The van der Waals surface area contributed by atoms with Crippen LogP contribution in [0.4, 0.5) is 0 Å². The summed E-state index contributed by atoms with van der Waals surface area (Å²) in [7, 11) is 0. The lowest BCUT2D eigenvalue weighted by molar-refractivity contribution is -0.134. The van der Waals surface area contributed by atoms with Crippen molar-refractivity contribution in [3.63, 3.8) is 0 Å². The first kappa shape index (κ1) is 15.3. The minimum absolute atomic E-state index is 0.0440. The molecule has 0 atom stereocenters. The van der Waals surface area contributed by atoms with Gasteiger partial charge < -0.3 is 9.88 Å². The molecule has 0 radical (unpaired) electrons. The van der Waals surface area contributed by atoms with Crippen LogP contribution in [-0.4, -0.2) is 28.9 Å². The number of likely N-dealkylation sites (tertiary alicyclic amines) is 1. The van der Waals surface area contributed by atoms with Crippen molar-refractivity contribution in [2.24, 2.45) is 16.7 Å². The molecule has 1 aromatic heterocycles. The van der Waals surface area contributed by atoms with Crippen molar-refractivity contribution < 1.29 is 4.79 Å². The number of aromatic nitrogens is 1. The van der Waals surface area contributed by atoms with Crippen LogP contribution >= 0.6 is 0 Å². The first-order chi connectivity index (χ1) is 10.2. The van der Waals surface area contributed by atoms with E-state index in [2.05, 4.69) is 32.7 Å². The van der Waals surface area contributed by atoms with Gasteiger partial charge in [0.05, 0.1) is 0 Å². The Morgan fingerprint density at radius 3 is 2.27 bits per heavy atom. The number of carbonyl (C=O) groups excluding carboxylic acids is 1. The zero-order valence-corrected chi connectivity index (χ0v) is 14.0. The molecule has 1 saturated carbocycles. The highest BCUT2D eigenvalue weighted by atomic mass is 16.2. The molecule has 4 heteroatoms. The van der Waals surface area contributed by atoms with E-state index in [1.807, 2.05) is 11.0 Å². The third-order valence-electron chi connectivity index (χ3n) is 6.34. The van der Waals surface area contributed by atoms with Crippen LogP contribution in [-0.2, 0) is 4.79 Å². The molecule has 120 valence electrons. The minimum atomic E-state index is -0.0440. The highest BCUT2D eigenvalue weighted by Gasteiger charge is 2.68. The number of nitrogens with zero attached hydrogens (tertiary/aromatic N) is 1. The van der Waals surface area contributed by atoms with Crippen LogP contribution in [0.3, 0.4) is 0 Å². The second kappa shape index (κ2) is 4.97. The molecule has 1 aliphatic heterocycles. The standard InChI is InChI=1S/C18H26N2O2/c1-17(2)15(18(17,3)4)16(22)20-9-6-12(7-10-20)13-5-8-19-14(21)11-13/h5,8,11-12,15H,6-7,9-10H2,1-4H3,(H,19,21). The molecule has 4 nitrogen and oxygen atoms in total. The van der Waals surface area contributed by atoms with Crippen LogP contribution in [0.2, 0.25) is 0 Å². The Kier molecular flexibility index (Phi) is 3.46. The normalized spacial score (nSPS) is 24.3. The number of carbonyl (C=O) groups is 1. The van der Waals surface area contributed by atoms with Gasteiger partial charge in [-0.3, -0.25) is 9.59 Å². The SMILES string of the molecule is CC1(C)C(C(=O)N2CCC(c3cc[nH]c(=O)c3)CC2)C1(C)C. The Balaban J connectivity index is 1.63. The number of amides is 1. The van der Waals surface area contributed by atoms with Gasteiger partial charge in [-0.25, -0.2) is 0 Å². The first-order valence-electron chi connectivity index (χ1n) is 8.22. The maximum atomic E-state index is 12.8. The van der Waals surface area contributed by atoms with E-state index < -0.39 is 0 Å². The fraction of sp³-hybridized carbons (Fsp3) is 0.667. The smallest absolute Gasteiger partial charge is 0.248 e. The maximum Gasteiger partial charge on any atom is 0.248 e. The minimum Gasteiger partial charge on any atom is -0.342 e. The van der Waals surface area contributed by atoms with E-state index in [1.165, 1.54) is 0 Å². The van der Waals surface area contributed by atoms with Gasteiger partial charge in [-0.05, 0) is 41.2 Å². The number of piperidine rings is 1. The van der Waals surface area contributed by atoms with E-state index in [-0.39, 0.29) is 22.3 Å². The summed E-state index contributed by atoms with van der Waals surface area (Å²) < 4.78 is 0. The molecule has 2 fully saturated rings. The zero-order valence-electron chi connectivity index (χ0n) is 14.0. The zero-order chi connectivity index (χ0) is 16.1. The third-order valence-corrected chi connectivity index (χ3v) is 6.34. The van der Waals surface area contributed by atoms with Crippen molar-refractivity contribution in [2.75, 3.05) is 13.1 Å². The van der Waals surface area contributed by atoms with Gasteiger partial charge in [0.15, 0.2) is 0 Å². The lowest BCUT2D eigenvalue weighted by atomic mass is 9.90. The number of hydrogen-bond acceptors (Lipinski definition) is 2. The van der Waals surface area contributed by atoms with Gasteiger partial charge in [0.2, 0.25) is 11.5 Å². The molecule has 2 heterocycles. The van der Waals surface area contributed by atoms with Crippen molar-refractivity contribution in [1.29, 1.82) is 0 Å². The summed E-state index contributed by atoms with van der Waals surface area (Å²) in [6.45, 7) is 10.4. The molecule has 0 unspecified atom stereocenters. The second-order valence-electron chi connectivity index (χ2n) is 7.96. The highest BCUT2D eigenvalue weighted by molar-refractivity contribution is 5.84. The number of rotatable bonds is 2. The second-order valence-corrected chi connectivity index (χ2v) is 7.96. The Hall–Kier alpha value is -1.58. The van der Waals surface area contributed by atoms with Crippen LogP contribution in [0.5, 0.6) is 0 Å². The molecule has 22 heavy (non-hydrogen) atoms. The van der Waals surface area contributed by atoms with Crippen molar-refractivity contribution >= 4 is 5.91 Å². The third kappa shape index (κ3) is 2.29. The maximum absolute atomic E-state index is 12.8. The van der Waals surface area contributed by atoms with Gasteiger partial charge in [-0.1, -0.05) is 27.7 Å². The van der Waals surface area contributed by atoms with Crippen LogP contribution in [0.15, 0.2) is 23.1 Å². The molecule has 1 aliphatic carbocycles. The van der Waals surface area contributed by atoms with E-state index >= 15 is 0 Å². The van der Waals surface area contributed by atoms with Gasteiger partial charge in [0.1, 0.15) is 0 Å². The topological polar surface area (TPSA) is 53.2 Å². The number of nitrogens with one attached hydrogen (secondary N) is 1. The summed E-state index contributed by atoms with van der Waals surface area (Å²) in [5.74, 6) is 0.863. The number of aromatic amines is 1. The molecular weight excluding hydrogens is 276 g/mol. The van der Waals surface area contributed by atoms with E-state index in [9.17, 15) is 9.59 Å². The quantitative estimate of drug-likeness (QED) is 0.913. The Bertz CT molecular complexity index is 622. The highest BCUT2D eigenvalue weighted by Crippen LogP contribution is 2.68. The molecule has 0 aromatic carbocycles. The van der Waals surface area contributed by atoms with Crippen molar-refractivity contribution in [2.45, 2.75) is 46.5 Å². The average Bonchev–Trinajstić information content (AvgIpc) is 2.88. The monoisotopic (exact) mass is 302 g/mol. The van der Waals surface area contributed by atoms with Crippen LogP contribution in [0, 0.1) is 16.7 Å². The summed E-state index contributed by atoms with van der Waals surface area (Å²) in [5.41, 5.74) is 1.27. The summed E-state index contributed by atoms with van der Waals surface area (Å²) in [4.78, 5) is 28.9. The largest absolute Gasteiger partial charge is 0.342 e. The molecule has 3 rings (SSSR count). The average molecular weight is 302 g/mol. The Labute approximate surface area is 131 Å². The Morgan fingerprint density at radius 1 is 1.18 bits per heavy atom. The molecule has 1 amide bonds. The van der Waals surface area contributed by atoms with Gasteiger partial charge in [0, 0.05) is 31.3 Å². The van der Waals surface area contributed by atoms with Crippen LogP contribution < -0.4 is 5.56 Å². The summed E-state index contributed by atoms with van der Waals surface area (Å²) in [5, 5.41) is 0. The Morgan fingerprint density at radius 2 is 1.77 bits per heavy atom. The van der Waals surface area contributed by atoms with E-state index in [0.717, 1.165) is 31.5 Å². The van der Waals surface area contributed by atoms with E-state index in [4.69, 9.17) is 0 Å². The number of pyridine rings is 1. The number of H-pyrrole nitrogens is 1. The molecule has 1 saturated heterocycles. The molecular formula is C18H26N2O2. The predicted octanol–water partition coefficient (Wildman–Crippen LogP) is 2.76. The van der Waals surface area contributed by atoms with Crippen molar-refractivity contribution in [3.8, 4) is 0 Å². The fourth-order valence-corrected chi connectivity index (χ4v) is 4.14. The van der Waals surface area contributed by atoms with Crippen LogP contribution in [0.1, 0.15) is 52.0 Å². The predicted molar refractivity (Wildman–Crippen MR) is 86.7 cm³/mol. The van der Waals surface area contributed by atoms with Crippen molar-refractivity contribution in [1.82, 2.24) is 9.88 Å². The van der Waals surface area contributed by atoms with Gasteiger partial charge >= 0.3 is 0 Å². The molecule has 2 aliphatic rings. The lowest BCUT2D eigenvalue weighted by Gasteiger charge is -2.32. The summed E-state index contributed by atoms with van der Waals surface area (Å²) in [6.07, 6.45) is 3.61. The fourth-order valence-electron chi connectivity index (χ4n) is 4.14.